The smallest absolute Gasteiger partial charge is 0.348 e. The van der Waals surface area contributed by atoms with Crippen LogP contribution in [0.5, 0.6) is 17.2 Å². The van der Waals surface area contributed by atoms with Crippen molar-refractivity contribution in [2.45, 2.75) is 31.7 Å². The van der Waals surface area contributed by atoms with Gasteiger partial charge < -0.3 is 14.9 Å². The summed E-state index contributed by atoms with van der Waals surface area (Å²) in [6.07, 6.45) is 2.20. The molecule has 6 heteroatoms. The predicted octanol–water partition coefficient (Wildman–Crippen LogP) is 6.13. The average Bonchev–Trinajstić information content (AvgIpc) is 2.84. The Morgan fingerprint density at radius 3 is 2.38 bits per heavy atom. The van der Waals surface area contributed by atoms with Gasteiger partial charge in [-0.05, 0) is 48.0 Å². The van der Waals surface area contributed by atoms with E-state index in [-0.39, 0.29) is 11.5 Å². The summed E-state index contributed by atoms with van der Waals surface area (Å²) in [7, 11) is 1.54. The Morgan fingerprint density at radius 2 is 1.76 bits per heavy atom. The van der Waals surface area contributed by atoms with Gasteiger partial charge in [0, 0.05) is 34.7 Å². The van der Waals surface area contributed by atoms with Crippen LogP contribution in [-0.4, -0.2) is 29.1 Å². The lowest BCUT2D eigenvalue weighted by Crippen LogP contribution is -2.39. The number of nitrogens with zero attached hydrogens (tertiary/aromatic N) is 2. The number of para-hydroxylation sites is 1. The topological polar surface area (TPSA) is 82.4 Å². The van der Waals surface area contributed by atoms with Crippen LogP contribution in [0, 0.1) is 0 Å². The number of methoxy groups -OCH3 is 1. The minimum Gasteiger partial charge on any atom is -0.508 e. The number of carbonyl (C=O) groups excluding carboxylic acids is 1. The molecule has 0 aromatic heterocycles. The zero-order valence-electron chi connectivity index (χ0n) is 19.5. The highest BCUT2D eigenvalue weighted by Crippen LogP contribution is 2.44. The first-order chi connectivity index (χ1) is 16.2. The number of aliphatic imine (C=N–C) groups is 1. The molecular formula is C28H28N2O4. The first-order valence-corrected chi connectivity index (χ1v) is 11.1. The fraction of sp³-hybridized carbons (Fsp3) is 0.214. The SMILES string of the molecule is C=CC(C)(C)c1cc(C2CC(c3ccc(O)cc3)=NC(=O)N2c2ccccc2)c(OC)cc1O. The van der Waals surface area contributed by atoms with E-state index in [2.05, 4.69) is 11.6 Å². The van der Waals surface area contributed by atoms with Crippen LogP contribution in [-0.2, 0) is 5.41 Å². The van der Waals surface area contributed by atoms with Crippen molar-refractivity contribution in [2.24, 2.45) is 4.99 Å². The Balaban J connectivity index is 1.91. The number of hydrogen-bond acceptors (Lipinski definition) is 4. The van der Waals surface area contributed by atoms with Gasteiger partial charge in [0.1, 0.15) is 17.2 Å². The molecule has 0 fully saturated rings. The van der Waals surface area contributed by atoms with E-state index in [4.69, 9.17) is 4.74 Å². The quantitative estimate of drug-likeness (QED) is 0.437. The minimum absolute atomic E-state index is 0.103. The molecule has 1 aliphatic rings. The number of hydrogen-bond donors (Lipinski definition) is 2. The van der Waals surface area contributed by atoms with E-state index in [0.29, 0.717) is 29.1 Å². The van der Waals surface area contributed by atoms with Gasteiger partial charge in [-0.1, -0.05) is 38.1 Å². The summed E-state index contributed by atoms with van der Waals surface area (Å²) in [5.74, 6) is 0.726. The maximum absolute atomic E-state index is 13.4. The molecule has 4 rings (SSSR count). The number of carbonyl (C=O) groups is 1. The number of amides is 2. The molecule has 1 aliphatic heterocycles. The van der Waals surface area contributed by atoms with E-state index in [1.807, 2.05) is 50.2 Å². The van der Waals surface area contributed by atoms with Crippen LogP contribution in [0.2, 0.25) is 0 Å². The lowest BCUT2D eigenvalue weighted by atomic mass is 9.81. The Labute approximate surface area is 199 Å². The normalized spacial score (nSPS) is 16.2. The van der Waals surface area contributed by atoms with E-state index >= 15 is 0 Å². The van der Waals surface area contributed by atoms with Gasteiger partial charge in [0.2, 0.25) is 0 Å². The number of allylic oxidation sites excluding steroid dienone is 1. The molecule has 0 radical (unpaired) electrons. The third-order valence-electron chi connectivity index (χ3n) is 6.28. The van der Waals surface area contributed by atoms with Gasteiger partial charge in [-0.15, -0.1) is 6.58 Å². The standard InChI is InChI=1S/C28H28N2O4/c1-5-28(2,3)22-15-21(26(34-4)17-25(22)32)24-16-23(18-11-13-20(31)14-12-18)29-27(33)30(24)19-9-7-6-8-10-19/h5-15,17,24,31-32H,1,16H2,2-4H3. The number of anilines is 1. The largest absolute Gasteiger partial charge is 0.508 e. The van der Waals surface area contributed by atoms with Gasteiger partial charge in [-0.2, -0.15) is 4.99 Å². The Kier molecular flexibility index (Phi) is 6.16. The van der Waals surface area contributed by atoms with E-state index < -0.39 is 17.5 Å². The summed E-state index contributed by atoms with van der Waals surface area (Å²) in [5.41, 5.74) is 3.02. The molecule has 0 saturated carbocycles. The lowest BCUT2D eigenvalue weighted by molar-refractivity contribution is 0.251. The van der Waals surface area contributed by atoms with Crippen molar-refractivity contribution in [2.75, 3.05) is 12.0 Å². The molecule has 1 atom stereocenters. The average molecular weight is 457 g/mol. The molecule has 174 valence electrons. The molecule has 6 nitrogen and oxygen atoms in total. The molecule has 0 spiro atoms. The predicted molar refractivity (Wildman–Crippen MR) is 134 cm³/mol. The number of phenolic OH excluding ortho intramolecular Hbond substituents is 2. The second kappa shape index (κ2) is 9.06. The van der Waals surface area contributed by atoms with Gasteiger partial charge in [0.25, 0.3) is 0 Å². The van der Waals surface area contributed by atoms with E-state index in [0.717, 1.165) is 11.1 Å². The fourth-order valence-corrected chi connectivity index (χ4v) is 4.24. The first kappa shape index (κ1) is 23.1. The molecule has 2 N–H and O–H groups in total. The molecule has 0 aliphatic carbocycles. The molecule has 3 aromatic rings. The van der Waals surface area contributed by atoms with Crippen molar-refractivity contribution in [3.8, 4) is 17.2 Å². The summed E-state index contributed by atoms with van der Waals surface area (Å²) in [6, 6.07) is 18.7. The summed E-state index contributed by atoms with van der Waals surface area (Å²) in [4.78, 5) is 19.5. The maximum atomic E-state index is 13.4. The van der Waals surface area contributed by atoms with Crippen LogP contribution in [0.15, 0.2) is 84.4 Å². The van der Waals surface area contributed by atoms with Gasteiger partial charge >= 0.3 is 6.03 Å². The Morgan fingerprint density at radius 1 is 1.09 bits per heavy atom. The van der Waals surface area contributed by atoms with Gasteiger partial charge in [-0.3, -0.25) is 4.90 Å². The first-order valence-electron chi connectivity index (χ1n) is 11.1. The third kappa shape index (κ3) is 4.27. The zero-order valence-corrected chi connectivity index (χ0v) is 19.5. The van der Waals surface area contributed by atoms with Crippen LogP contribution in [0.4, 0.5) is 10.5 Å². The molecule has 1 heterocycles. The zero-order chi connectivity index (χ0) is 24.5. The number of phenols is 2. The van der Waals surface area contributed by atoms with Gasteiger partial charge in [0.15, 0.2) is 0 Å². The van der Waals surface area contributed by atoms with Crippen LogP contribution in [0.3, 0.4) is 0 Å². The molecule has 34 heavy (non-hydrogen) atoms. The number of rotatable bonds is 6. The van der Waals surface area contributed by atoms with E-state index in [9.17, 15) is 15.0 Å². The summed E-state index contributed by atoms with van der Waals surface area (Å²) in [5, 5.41) is 20.4. The Bertz CT molecular complexity index is 1250. The molecule has 3 aromatic carbocycles. The summed E-state index contributed by atoms with van der Waals surface area (Å²) >= 11 is 0. The highest BCUT2D eigenvalue weighted by atomic mass is 16.5. The number of ether oxygens (including phenoxy) is 1. The fourth-order valence-electron chi connectivity index (χ4n) is 4.24. The molecule has 0 saturated heterocycles. The number of aromatic hydroxyl groups is 2. The van der Waals surface area contributed by atoms with Crippen LogP contribution in [0.25, 0.3) is 0 Å². The van der Waals surface area contributed by atoms with Gasteiger partial charge in [-0.25, -0.2) is 4.79 Å². The monoisotopic (exact) mass is 456 g/mol. The van der Waals surface area contributed by atoms with Crippen LogP contribution < -0.4 is 9.64 Å². The highest BCUT2D eigenvalue weighted by molar-refractivity contribution is 6.12. The van der Waals surface area contributed by atoms with Crippen molar-refractivity contribution in [1.29, 1.82) is 0 Å². The Hall–Kier alpha value is -4.06. The van der Waals surface area contributed by atoms with Crippen molar-refractivity contribution in [3.05, 3.63) is 96.1 Å². The molecule has 2 amide bonds. The van der Waals surface area contributed by atoms with Crippen molar-refractivity contribution < 1.29 is 19.7 Å². The second-order valence-corrected chi connectivity index (χ2v) is 8.85. The van der Waals surface area contributed by atoms with Crippen LogP contribution >= 0.6 is 0 Å². The lowest BCUT2D eigenvalue weighted by Gasteiger charge is -2.36. The van der Waals surface area contributed by atoms with E-state index in [1.54, 1.807) is 48.4 Å². The van der Waals surface area contributed by atoms with Crippen molar-refractivity contribution in [3.63, 3.8) is 0 Å². The van der Waals surface area contributed by atoms with Crippen molar-refractivity contribution >= 4 is 17.4 Å². The molecule has 0 bridgehead atoms. The summed E-state index contributed by atoms with van der Waals surface area (Å²) in [6.45, 7) is 7.86. The summed E-state index contributed by atoms with van der Waals surface area (Å²) < 4.78 is 5.66. The van der Waals surface area contributed by atoms with E-state index in [1.165, 1.54) is 0 Å². The molecular weight excluding hydrogens is 428 g/mol. The number of benzene rings is 3. The third-order valence-corrected chi connectivity index (χ3v) is 6.28. The van der Waals surface area contributed by atoms with Crippen molar-refractivity contribution in [1.82, 2.24) is 0 Å². The second-order valence-electron chi connectivity index (χ2n) is 8.85. The maximum Gasteiger partial charge on any atom is 0.348 e. The van der Waals surface area contributed by atoms with Gasteiger partial charge in [0.05, 0.1) is 18.9 Å². The minimum atomic E-state index is -0.505. The van der Waals surface area contributed by atoms with Crippen LogP contribution in [0.1, 0.15) is 43.0 Å². The number of urea groups is 1. The molecule has 1 unspecified atom stereocenters. The highest BCUT2D eigenvalue weighted by Gasteiger charge is 2.36.